The molecular weight excluding hydrogens is 300 g/mol. The minimum atomic E-state index is 0.385. The molecule has 0 bridgehead atoms. The summed E-state index contributed by atoms with van der Waals surface area (Å²) in [5.41, 5.74) is 4.56. The molecule has 2 aromatic carbocycles. The Hall–Kier alpha value is -2.46. The first-order valence-electron chi connectivity index (χ1n) is 6.70. The highest BCUT2D eigenvalue weighted by Crippen LogP contribution is 2.32. The van der Waals surface area contributed by atoms with Crippen LogP contribution >= 0.6 is 11.6 Å². The van der Waals surface area contributed by atoms with Gasteiger partial charge in [-0.05, 0) is 18.2 Å². The van der Waals surface area contributed by atoms with Crippen LogP contribution in [-0.2, 0) is 0 Å². The minimum Gasteiger partial charge on any atom is -0.493 e. The number of benzene rings is 2. The molecule has 0 amide bonds. The second kappa shape index (κ2) is 8.10. The summed E-state index contributed by atoms with van der Waals surface area (Å²) in [6, 6.07) is 13.1. The standard InChI is InChI=1S/C17H17ClN2O2/c1-3-9-22-17-11-15(18)13(10-16(17)21-2)12-19-20-14-7-5-4-6-8-14/h3-8,10-12,20H,1,9H2,2H3. The monoisotopic (exact) mass is 316 g/mol. The van der Waals surface area contributed by atoms with Crippen LogP contribution in [-0.4, -0.2) is 19.9 Å². The molecule has 0 saturated carbocycles. The summed E-state index contributed by atoms with van der Waals surface area (Å²) in [6.45, 7) is 4.00. The highest BCUT2D eigenvalue weighted by molar-refractivity contribution is 6.33. The average molecular weight is 317 g/mol. The quantitative estimate of drug-likeness (QED) is 0.469. The van der Waals surface area contributed by atoms with Crippen molar-refractivity contribution in [1.82, 2.24) is 0 Å². The highest BCUT2D eigenvalue weighted by Gasteiger charge is 2.09. The Labute approximate surface area is 135 Å². The third kappa shape index (κ3) is 4.27. The Morgan fingerprint density at radius 3 is 2.68 bits per heavy atom. The molecule has 0 heterocycles. The number of hydrogen-bond acceptors (Lipinski definition) is 4. The van der Waals surface area contributed by atoms with Crippen molar-refractivity contribution in [3.8, 4) is 11.5 Å². The van der Waals surface area contributed by atoms with E-state index >= 15 is 0 Å². The summed E-state index contributed by atoms with van der Waals surface area (Å²) in [6.07, 6.45) is 3.29. The molecule has 4 nitrogen and oxygen atoms in total. The van der Waals surface area contributed by atoms with E-state index in [9.17, 15) is 0 Å². The Kier molecular flexibility index (Phi) is 5.86. The van der Waals surface area contributed by atoms with Crippen LogP contribution in [0.5, 0.6) is 11.5 Å². The molecule has 5 heteroatoms. The molecule has 0 unspecified atom stereocenters. The van der Waals surface area contributed by atoms with Crippen LogP contribution in [0.3, 0.4) is 0 Å². The molecule has 114 valence electrons. The first-order valence-corrected chi connectivity index (χ1v) is 7.07. The van der Waals surface area contributed by atoms with E-state index in [1.807, 2.05) is 30.3 Å². The molecule has 0 saturated heterocycles. The molecule has 0 atom stereocenters. The molecule has 2 aromatic rings. The van der Waals surface area contributed by atoms with E-state index in [4.69, 9.17) is 21.1 Å². The van der Waals surface area contributed by atoms with Crippen molar-refractivity contribution in [1.29, 1.82) is 0 Å². The van der Waals surface area contributed by atoms with Crippen molar-refractivity contribution in [3.05, 3.63) is 65.7 Å². The molecule has 2 rings (SSSR count). The molecule has 0 aliphatic heterocycles. The maximum atomic E-state index is 6.24. The lowest BCUT2D eigenvalue weighted by molar-refractivity contribution is 0.326. The van der Waals surface area contributed by atoms with Crippen LogP contribution < -0.4 is 14.9 Å². The topological polar surface area (TPSA) is 42.8 Å². The van der Waals surface area contributed by atoms with Gasteiger partial charge in [-0.1, -0.05) is 42.5 Å². The van der Waals surface area contributed by atoms with Gasteiger partial charge in [0, 0.05) is 11.6 Å². The zero-order valence-electron chi connectivity index (χ0n) is 12.3. The summed E-state index contributed by atoms with van der Waals surface area (Å²) < 4.78 is 10.8. The maximum Gasteiger partial charge on any atom is 0.163 e. The summed E-state index contributed by atoms with van der Waals surface area (Å²) in [7, 11) is 1.58. The van der Waals surface area contributed by atoms with Gasteiger partial charge in [-0.2, -0.15) is 5.10 Å². The normalized spacial score (nSPS) is 10.5. The molecule has 0 aromatic heterocycles. The molecular formula is C17H17ClN2O2. The fourth-order valence-electron chi connectivity index (χ4n) is 1.76. The largest absolute Gasteiger partial charge is 0.493 e. The molecule has 0 fully saturated rings. The molecule has 0 radical (unpaired) electrons. The van der Waals surface area contributed by atoms with Gasteiger partial charge in [0.25, 0.3) is 0 Å². The van der Waals surface area contributed by atoms with Crippen LogP contribution in [0.15, 0.2) is 60.2 Å². The lowest BCUT2D eigenvalue weighted by Gasteiger charge is -2.11. The number of ether oxygens (including phenoxy) is 2. The predicted molar refractivity (Wildman–Crippen MR) is 91.4 cm³/mol. The number of anilines is 1. The Morgan fingerprint density at radius 2 is 2.00 bits per heavy atom. The number of rotatable bonds is 7. The van der Waals surface area contributed by atoms with E-state index < -0.39 is 0 Å². The summed E-state index contributed by atoms with van der Waals surface area (Å²) in [5, 5.41) is 4.69. The summed E-state index contributed by atoms with van der Waals surface area (Å²) in [4.78, 5) is 0. The molecule has 0 spiro atoms. The highest BCUT2D eigenvalue weighted by atomic mass is 35.5. The molecule has 0 aliphatic carbocycles. The van der Waals surface area contributed by atoms with Crippen molar-refractivity contribution < 1.29 is 9.47 Å². The van der Waals surface area contributed by atoms with Crippen molar-refractivity contribution >= 4 is 23.5 Å². The van der Waals surface area contributed by atoms with Gasteiger partial charge in [-0.25, -0.2) is 0 Å². The van der Waals surface area contributed by atoms with Crippen molar-refractivity contribution in [2.45, 2.75) is 0 Å². The van der Waals surface area contributed by atoms with Gasteiger partial charge in [0.15, 0.2) is 11.5 Å². The predicted octanol–water partition coefficient (Wildman–Crippen LogP) is 4.36. The number of hydrazone groups is 1. The Bertz CT molecular complexity index is 657. The number of para-hydroxylation sites is 1. The smallest absolute Gasteiger partial charge is 0.163 e. The Morgan fingerprint density at radius 1 is 1.23 bits per heavy atom. The zero-order valence-corrected chi connectivity index (χ0v) is 13.0. The van der Waals surface area contributed by atoms with E-state index in [-0.39, 0.29) is 0 Å². The van der Waals surface area contributed by atoms with Gasteiger partial charge in [0.1, 0.15) is 6.61 Å². The van der Waals surface area contributed by atoms with Gasteiger partial charge >= 0.3 is 0 Å². The average Bonchev–Trinajstić information content (AvgIpc) is 2.55. The number of halogens is 1. The fourth-order valence-corrected chi connectivity index (χ4v) is 1.96. The number of nitrogens with one attached hydrogen (secondary N) is 1. The van der Waals surface area contributed by atoms with Gasteiger partial charge in [0.2, 0.25) is 0 Å². The van der Waals surface area contributed by atoms with Crippen molar-refractivity contribution in [2.24, 2.45) is 5.10 Å². The van der Waals surface area contributed by atoms with E-state index in [0.717, 1.165) is 11.3 Å². The second-order valence-electron chi connectivity index (χ2n) is 4.36. The van der Waals surface area contributed by atoms with Gasteiger partial charge in [0.05, 0.1) is 24.0 Å². The zero-order chi connectivity index (χ0) is 15.8. The van der Waals surface area contributed by atoms with E-state index in [1.165, 1.54) is 0 Å². The van der Waals surface area contributed by atoms with Gasteiger partial charge in [-0.3, -0.25) is 5.43 Å². The first-order chi connectivity index (χ1) is 10.7. The van der Waals surface area contributed by atoms with E-state index in [0.29, 0.717) is 23.1 Å². The maximum absolute atomic E-state index is 6.24. The minimum absolute atomic E-state index is 0.385. The summed E-state index contributed by atoms with van der Waals surface area (Å²) in [5.74, 6) is 1.16. The van der Waals surface area contributed by atoms with Crippen LogP contribution in [0.25, 0.3) is 0 Å². The van der Waals surface area contributed by atoms with Gasteiger partial charge in [-0.15, -0.1) is 0 Å². The third-order valence-electron chi connectivity index (χ3n) is 2.81. The molecule has 1 N–H and O–H groups in total. The number of nitrogens with zero attached hydrogens (tertiary/aromatic N) is 1. The lowest BCUT2D eigenvalue weighted by atomic mass is 10.2. The van der Waals surface area contributed by atoms with Crippen molar-refractivity contribution in [2.75, 3.05) is 19.1 Å². The van der Waals surface area contributed by atoms with Crippen LogP contribution in [0, 0.1) is 0 Å². The number of methoxy groups -OCH3 is 1. The summed E-state index contributed by atoms with van der Waals surface area (Å²) >= 11 is 6.24. The van der Waals surface area contributed by atoms with E-state index in [1.54, 1.807) is 31.5 Å². The van der Waals surface area contributed by atoms with Crippen LogP contribution in [0.1, 0.15) is 5.56 Å². The van der Waals surface area contributed by atoms with Gasteiger partial charge < -0.3 is 9.47 Å². The number of hydrogen-bond donors (Lipinski definition) is 1. The third-order valence-corrected chi connectivity index (χ3v) is 3.14. The SMILES string of the molecule is C=CCOc1cc(Cl)c(C=NNc2ccccc2)cc1OC. The lowest BCUT2D eigenvalue weighted by Crippen LogP contribution is -1.98. The van der Waals surface area contributed by atoms with Crippen LogP contribution in [0.2, 0.25) is 5.02 Å². The van der Waals surface area contributed by atoms with E-state index in [2.05, 4.69) is 17.1 Å². The molecule has 0 aliphatic rings. The van der Waals surface area contributed by atoms with Crippen LogP contribution in [0.4, 0.5) is 5.69 Å². The first kappa shape index (κ1) is 15.9. The fraction of sp³-hybridized carbons (Fsp3) is 0.118. The second-order valence-corrected chi connectivity index (χ2v) is 4.77. The molecule has 22 heavy (non-hydrogen) atoms. The Balaban J connectivity index is 2.15. The van der Waals surface area contributed by atoms with Crippen molar-refractivity contribution in [3.63, 3.8) is 0 Å².